The Labute approximate surface area is 222 Å². The van der Waals surface area contributed by atoms with Crippen LogP contribution in [0.4, 0.5) is 5.69 Å². The lowest BCUT2D eigenvalue weighted by molar-refractivity contribution is -0.119. The van der Waals surface area contributed by atoms with Gasteiger partial charge in [0.25, 0.3) is 11.5 Å². The number of pyridine rings is 2. The molecule has 2 amide bonds. The number of anilines is 1. The molecular weight excluding hydrogens is 512 g/mol. The van der Waals surface area contributed by atoms with Crippen molar-refractivity contribution >= 4 is 29.1 Å². The molecule has 3 heterocycles. The van der Waals surface area contributed by atoms with E-state index in [1.165, 1.54) is 53.3 Å². The van der Waals surface area contributed by atoms with E-state index in [2.05, 4.69) is 25.8 Å². The molecule has 3 aromatic heterocycles. The van der Waals surface area contributed by atoms with Crippen molar-refractivity contribution in [3.63, 3.8) is 0 Å². The third kappa shape index (κ3) is 5.70. The fourth-order valence-electron chi connectivity index (χ4n) is 3.97. The summed E-state index contributed by atoms with van der Waals surface area (Å²) in [5.74, 6) is -0.741. The summed E-state index contributed by atoms with van der Waals surface area (Å²) >= 11 is 6.28. The van der Waals surface area contributed by atoms with Crippen LogP contribution in [0.5, 0.6) is 5.75 Å². The van der Waals surface area contributed by atoms with Gasteiger partial charge in [-0.25, -0.2) is 4.98 Å². The highest BCUT2D eigenvalue weighted by Crippen LogP contribution is 2.35. The van der Waals surface area contributed by atoms with Crippen molar-refractivity contribution in [1.29, 1.82) is 0 Å². The number of primary amides is 1. The first-order valence-corrected chi connectivity index (χ1v) is 12.1. The number of amides is 2. The summed E-state index contributed by atoms with van der Waals surface area (Å²) in [7, 11) is 1.47. The second kappa shape index (κ2) is 11.6. The molecule has 0 aliphatic carbocycles. The molecule has 0 saturated carbocycles. The quantitative estimate of drug-likeness (QED) is 0.313. The van der Waals surface area contributed by atoms with Gasteiger partial charge >= 0.3 is 0 Å². The Morgan fingerprint density at radius 2 is 2.00 bits per heavy atom. The topological polar surface area (TPSA) is 160 Å². The number of nitrogens with one attached hydrogen (secondary N) is 1. The van der Waals surface area contributed by atoms with Crippen LogP contribution in [-0.4, -0.2) is 48.7 Å². The number of aromatic nitrogens is 6. The molecule has 12 nitrogen and oxygen atoms in total. The van der Waals surface area contributed by atoms with Crippen LogP contribution in [0, 0.1) is 0 Å². The fraction of sp³-hybridized carbons (Fsp3) is 0.240. The molecule has 4 aromatic rings. The number of halogens is 1. The Morgan fingerprint density at radius 3 is 2.63 bits per heavy atom. The molecule has 1 unspecified atom stereocenters. The van der Waals surface area contributed by atoms with Crippen LogP contribution in [0.2, 0.25) is 5.02 Å². The molecule has 196 valence electrons. The van der Waals surface area contributed by atoms with Gasteiger partial charge in [0.15, 0.2) is 0 Å². The molecule has 0 aliphatic heterocycles. The number of nitrogens with zero attached hydrogens (tertiary/aromatic N) is 6. The van der Waals surface area contributed by atoms with E-state index >= 15 is 0 Å². The van der Waals surface area contributed by atoms with Gasteiger partial charge in [0.2, 0.25) is 5.91 Å². The highest BCUT2D eigenvalue weighted by molar-refractivity contribution is 6.31. The maximum atomic E-state index is 13.4. The number of nitrogens with two attached hydrogens (primary N) is 1. The SMILES string of the molecule is CCCCC(C(=O)Nc1ccc(C(N)=O)nc1)n1cc(OC)c(-c2cc(Cl)ccc2-n2cnnn2)cc1=O. The average Bonchev–Trinajstić information content (AvgIpc) is 3.44. The number of hydrogen-bond donors (Lipinski definition) is 2. The predicted octanol–water partition coefficient (Wildman–Crippen LogP) is 3.02. The van der Waals surface area contributed by atoms with Gasteiger partial charge in [0.05, 0.1) is 30.9 Å². The number of tetrazole rings is 1. The van der Waals surface area contributed by atoms with Crippen molar-refractivity contribution in [2.45, 2.75) is 32.2 Å². The van der Waals surface area contributed by atoms with Gasteiger partial charge in [0.1, 0.15) is 23.8 Å². The van der Waals surface area contributed by atoms with E-state index in [0.717, 1.165) is 6.42 Å². The summed E-state index contributed by atoms with van der Waals surface area (Å²) in [6.45, 7) is 1.99. The molecule has 4 rings (SSSR count). The molecule has 0 fully saturated rings. The predicted molar refractivity (Wildman–Crippen MR) is 140 cm³/mol. The van der Waals surface area contributed by atoms with Crippen molar-refractivity contribution in [2.75, 3.05) is 12.4 Å². The molecule has 38 heavy (non-hydrogen) atoms. The van der Waals surface area contributed by atoms with Gasteiger partial charge in [-0.3, -0.25) is 19.0 Å². The first kappa shape index (κ1) is 26.5. The minimum atomic E-state index is -0.834. The molecule has 1 atom stereocenters. The maximum Gasteiger partial charge on any atom is 0.267 e. The third-order valence-electron chi connectivity index (χ3n) is 5.86. The molecule has 1 aromatic carbocycles. The van der Waals surface area contributed by atoms with Gasteiger partial charge in [0, 0.05) is 22.2 Å². The van der Waals surface area contributed by atoms with Crippen molar-refractivity contribution in [3.8, 4) is 22.6 Å². The Balaban J connectivity index is 1.74. The summed E-state index contributed by atoms with van der Waals surface area (Å²) < 4.78 is 8.44. The van der Waals surface area contributed by atoms with Crippen LogP contribution >= 0.6 is 11.6 Å². The zero-order valence-corrected chi connectivity index (χ0v) is 21.4. The minimum absolute atomic E-state index is 0.0733. The van der Waals surface area contributed by atoms with Crippen molar-refractivity contribution in [3.05, 3.63) is 76.2 Å². The summed E-state index contributed by atoms with van der Waals surface area (Å²) in [6.07, 6.45) is 6.20. The van der Waals surface area contributed by atoms with Crippen molar-refractivity contribution < 1.29 is 14.3 Å². The summed E-state index contributed by atoms with van der Waals surface area (Å²) in [4.78, 5) is 42.0. The number of ether oxygens (including phenoxy) is 1. The van der Waals surface area contributed by atoms with E-state index in [9.17, 15) is 14.4 Å². The number of benzene rings is 1. The Bertz CT molecular complexity index is 1500. The largest absolute Gasteiger partial charge is 0.495 e. The number of hydrogen-bond acceptors (Lipinski definition) is 8. The van der Waals surface area contributed by atoms with Crippen LogP contribution in [0.1, 0.15) is 42.7 Å². The Morgan fingerprint density at radius 1 is 1.18 bits per heavy atom. The molecule has 0 spiro atoms. The number of carbonyl (C=O) groups is 2. The Kier molecular flexibility index (Phi) is 8.12. The minimum Gasteiger partial charge on any atom is -0.495 e. The Hall–Kier alpha value is -4.58. The molecule has 0 radical (unpaired) electrons. The van der Waals surface area contributed by atoms with Crippen LogP contribution in [-0.2, 0) is 4.79 Å². The highest BCUT2D eigenvalue weighted by Gasteiger charge is 2.24. The number of carbonyl (C=O) groups excluding carboxylic acids is 2. The molecule has 0 saturated heterocycles. The first-order valence-electron chi connectivity index (χ1n) is 11.7. The lowest BCUT2D eigenvalue weighted by Crippen LogP contribution is -2.33. The van der Waals surface area contributed by atoms with Crippen LogP contribution in [0.3, 0.4) is 0 Å². The van der Waals surface area contributed by atoms with Gasteiger partial charge in [-0.2, -0.15) is 4.68 Å². The van der Waals surface area contributed by atoms with E-state index in [0.29, 0.717) is 46.1 Å². The smallest absolute Gasteiger partial charge is 0.267 e. The lowest BCUT2D eigenvalue weighted by atomic mass is 10.0. The number of methoxy groups -OCH3 is 1. The van der Waals surface area contributed by atoms with Crippen molar-refractivity contribution in [1.82, 2.24) is 29.8 Å². The highest BCUT2D eigenvalue weighted by atomic mass is 35.5. The molecule has 0 bridgehead atoms. The van der Waals surface area contributed by atoms with E-state index in [-0.39, 0.29) is 5.69 Å². The van der Waals surface area contributed by atoms with Crippen LogP contribution < -0.4 is 21.3 Å². The van der Waals surface area contributed by atoms with Gasteiger partial charge in [-0.1, -0.05) is 31.4 Å². The summed E-state index contributed by atoms with van der Waals surface area (Å²) in [6, 6.07) is 8.60. The average molecular weight is 537 g/mol. The van der Waals surface area contributed by atoms with Gasteiger partial charge in [-0.05, 0) is 47.2 Å². The summed E-state index contributed by atoms with van der Waals surface area (Å²) in [5, 5.41) is 14.5. The zero-order valence-electron chi connectivity index (χ0n) is 20.7. The maximum absolute atomic E-state index is 13.4. The number of rotatable bonds is 10. The molecule has 3 N–H and O–H groups in total. The van der Waals surface area contributed by atoms with Crippen LogP contribution in [0.15, 0.2) is 59.9 Å². The normalized spacial score (nSPS) is 11.7. The molecule has 13 heteroatoms. The molecule has 0 aliphatic rings. The zero-order chi connectivity index (χ0) is 27.2. The second-order valence-corrected chi connectivity index (χ2v) is 8.80. The standard InChI is InChI=1S/C25H25ClN8O4/c1-3-4-5-21(25(37)30-16-7-8-19(24(27)36)28-12-16)33-13-22(38-2)18(11-23(33)35)17-10-15(26)6-9-20(17)34-14-29-31-32-34/h6-14,21H,3-5H2,1-2H3,(H2,27,36)(H,30,37). The molecular formula is C25H25ClN8O4. The first-order chi connectivity index (χ1) is 18.3. The van der Waals surface area contributed by atoms with Crippen LogP contribution in [0.25, 0.3) is 16.8 Å². The van der Waals surface area contributed by atoms with E-state index in [4.69, 9.17) is 22.1 Å². The van der Waals surface area contributed by atoms with Gasteiger partial charge in [-0.15, -0.1) is 5.10 Å². The monoisotopic (exact) mass is 536 g/mol. The summed E-state index contributed by atoms with van der Waals surface area (Å²) in [5.41, 5.74) is 6.87. The third-order valence-corrected chi connectivity index (χ3v) is 6.10. The lowest BCUT2D eigenvalue weighted by Gasteiger charge is -2.21. The number of unbranched alkanes of at least 4 members (excludes halogenated alkanes) is 1. The van der Waals surface area contributed by atoms with Crippen molar-refractivity contribution in [2.24, 2.45) is 5.73 Å². The second-order valence-electron chi connectivity index (χ2n) is 8.36. The fourth-order valence-corrected chi connectivity index (χ4v) is 4.15. The van der Waals surface area contributed by atoms with E-state index < -0.39 is 23.4 Å². The van der Waals surface area contributed by atoms with E-state index in [1.54, 1.807) is 18.2 Å². The van der Waals surface area contributed by atoms with Gasteiger partial charge < -0.3 is 15.8 Å². The van der Waals surface area contributed by atoms with E-state index in [1.807, 2.05) is 6.92 Å².